The van der Waals surface area contributed by atoms with E-state index >= 15 is 0 Å². The highest BCUT2D eigenvalue weighted by molar-refractivity contribution is 7.99. The number of para-hydroxylation sites is 2. The second kappa shape index (κ2) is 6.98. The third kappa shape index (κ3) is 3.16. The largest absolute Gasteiger partial charge is 0.396 e. The fourth-order valence-electron chi connectivity index (χ4n) is 2.46. The smallest absolute Gasteiger partial charge is 0.266 e. The molecule has 0 radical (unpaired) electrons. The van der Waals surface area contributed by atoms with Crippen molar-refractivity contribution >= 4 is 22.7 Å². The summed E-state index contributed by atoms with van der Waals surface area (Å²) in [4.78, 5) is 17.7. The van der Waals surface area contributed by atoms with Crippen molar-refractivity contribution in [3.63, 3.8) is 0 Å². The molecule has 118 valence electrons. The first-order chi connectivity index (χ1) is 11.2. The normalized spacial score (nSPS) is 11.0. The number of hydrogen-bond acceptors (Lipinski definition) is 4. The number of fused-ring (bicyclic) bond motifs is 1. The van der Waals surface area contributed by atoms with Crippen molar-refractivity contribution in [2.45, 2.75) is 18.5 Å². The summed E-state index contributed by atoms with van der Waals surface area (Å²) in [6, 6.07) is 15.2. The van der Waals surface area contributed by atoms with Crippen LogP contribution in [0.5, 0.6) is 0 Å². The van der Waals surface area contributed by atoms with E-state index in [4.69, 9.17) is 5.11 Å². The predicted molar refractivity (Wildman–Crippen MR) is 94.5 cm³/mol. The van der Waals surface area contributed by atoms with Gasteiger partial charge in [0, 0.05) is 12.4 Å². The minimum atomic E-state index is -0.0589. The van der Waals surface area contributed by atoms with Gasteiger partial charge in [-0.3, -0.25) is 9.36 Å². The summed E-state index contributed by atoms with van der Waals surface area (Å²) < 4.78 is 1.68. The Morgan fingerprint density at radius 1 is 1.13 bits per heavy atom. The summed E-state index contributed by atoms with van der Waals surface area (Å²) in [5, 5.41) is 10.3. The third-order valence-corrected chi connectivity index (χ3v) is 4.66. The van der Waals surface area contributed by atoms with E-state index in [1.54, 1.807) is 4.57 Å². The zero-order valence-electron chi connectivity index (χ0n) is 12.9. The van der Waals surface area contributed by atoms with Gasteiger partial charge in [0.05, 0.1) is 16.6 Å². The highest BCUT2D eigenvalue weighted by Crippen LogP contribution is 2.23. The molecule has 23 heavy (non-hydrogen) atoms. The van der Waals surface area contributed by atoms with Crippen molar-refractivity contribution in [3.8, 4) is 5.69 Å². The highest BCUT2D eigenvalue weighted by Gasteiger charge is 2.14. The Kier molecular flexibility index (Phi) is 4.79. The lowest BCUT2D eigenvalue weighted by atomic mass is 10.2. The van der Waals surface area contributed by atoms with Crippen LogP contribution in [0.4, 0.5) is 0 Å². The molecular formula is C18H18N2O2S. The van der Waals surface area contributed by atoms with Crippen molar-refractivity contribution < 1.29 is 5.11 Å². The molecule has 0 fully saturated rings. The fraction of sp³-hybridized carbons (Fsp3) is 0.222. The molecule has 0 bridgehead atoms. The maximum atomic E-state index is 13.0. The Balaban J connectivity index is 2.24. The predicted octanol–water partition coefficient (Wildman–Crippen LogP) is 3.17. The Bertz CT molecular complexity index is 890. The van der Waals surface area contributed by atoms with Gasteiger partial charge < -0.3 is 5.11 Å². The summed E-state index contributed by atoms with van der Waals surface area (Å²) in [5.74, 6) is 0.715. The number of aryl methyl sites for hydroxylation is 1. The van der Waals surface area contributed by atoms with E-state index in [1.165, 1.54) is 11.8 Å². The standard InChI is InChI=1S/C18H18N2O2S/c1-13-7-2-5-10-16(13)20-17(22)14-8-3-4-9-15(14)19-18(20)23-12-6-11-21/h2-5,7-10,21H,6,11-12H2,1H3. The Morgan fingerprint density at radius 2 is 1.87 bits per heavy atom. The number of rotatable bonds is 5. The van der Waals surface area contributed by atoms with E-state index in [-0.39, 0.29) is 12.2 Å². The van der Waals surface area contributed by atoms with Gasteiger partial charge in [-0.1, -0.05) is 42.1 Å². The molecule has 1 N–H and O–H groups in total. The van der Waals surface area contributed by atoms with Crippen LogP contribution in [0.15, 0.2) is 58.5 Å². The molecule has 1 aromatic heterocycles. The zero-order chi connectivity index (χ0) is 16.2. The van der Waals surface area contributed by atoms with E-state index in [0.717, 1.165) is 11.3 Å². The maximum absolute atomic E-state index is 13.0. The summed E-state index contributed by atoms with van der Waals surface area (Å²) in [6.07, 6.45) is 0.668. The van der Waals surface area contributed by atoms with Crippen molar-refractivity contribution in [3.05, 3.63) is 64.4 Å². The molecule has 3 rings (SSSR count). The molecule has 0 amide bonds. The van der Waals surface area contributed by atoms with Gasteiger partial charge >= 0.3 is 0 Å². The molecule has 4 nitrogen and oxygen atoms in total. The molecule has 0 saturated heterocycles. The molecule has 0 saturated carbocycles. The topological polar surface area (TPSA) is 55.1 Å². The van der Waals surface area contributed by atoms with E-state index in [1.807, 2.05) is 55.5 Å². The van der Waals surface area contributed by atoms with Gasteiger partial charge in [-0.2, -0.15) is 0 Å². The van der Waals surface area contributed by atoms with E-state index in [0.29, 0.717) is 28.2 Å². The second-order valence-corrected chi connectivity index (χ2v) is 6.33. The van der Waals surface area contributed by atoms with Gasteiger partial charge in [0.25, 0.3) is 5.56 Å². The van der Waals surface area contributed by atoms with Gasteiger partial charge in [-0.15, -0.1) is 0 Å². The lowest BCUT2D eigenvalue weighted by Crippen LogP contribution is -2.22. The number of aliphatic hydroxyl groups excluding tert-OH is 1. The molecule has 2 aromatic carbocycles. The van der Waals surface area contributed by atoms with Crippen LogP contribution in [-0.4, -0.2) is 27.0 Å². The van der Waals surface area contributed by atoms with Crippen LogP contribution < -0.4 is 5.56 Å². The molecule has 0 unspecified atom stereocenters. The number of thioether (sulfide) groups is 1. The van der Waals surface area contributed by atoms with Crippen LogP contribution in [0.25, 0.3) is 16.6 Å². The quantitative estimate of drug-likeness (QED) is 0.444. The third-order valence-electron chi connectivity index (χ3n) is 3.63. The summed E-state index contributed by atoms with van der Waals surface area (Å²) in [6.45, 7) is 2.12. The van der Waals surface area contributed by atoms with Crippen molar-refractivity contribution in [1.29, 1.82) is 0 Å². The van der Waals surface area contributed by atoms with Crippen LogP contribution in [0, 0.1) is 6.92 Å². The van der Waals surface area contributed by atoms with Gasteiger partial charge in [-0.05, 0) is 37.1 Å². The summed E-state index contributed by atoms with van der Waals surface area (Å²) in [7, 11) is 0. The number of aromatic nitrogens is 2. The minimum absolute atomic E-state index is 0.0589. The first-order valence-corrected chi connectivity index (χ1v) is 8.52. The van der Waals surface area contributed by atoms with Crippen LogP contribution in [0.2, 0.25) is 0 Å². The average Bonchev–Trinajstić information content (AvgIpc) is 2.57. The number of aliphatic hydroxyl groups is 1. The van der Waals surface area contributed by atoms with Gasteiger partial charge in [0.15, 0.2) is 5.16 Å². The van der Waals surface area contributed by atoms with Gasteiger partial charge in [0.2, 0.25) is 0 Å². The SMILES string of the molecule is Cc1ccccc1-n1c(SCCCO)nc2ccccc2c1=O. The first kappa shape index (κ1) is 15.8. The molecule has 3 aromatic rings. The minimum Gasteiger partial charge on any atom is -0.396 e. The first-order valence-electron chi connectivity index (χ1n) is 7.54. The lowest BCUT2D eigenvalue weighted by Gasteiger charge is -2.14. The average molecular weight is 326 g/mol. The van der Waals surface area contributed by atoms with Crippen LogP contribution >= 0.6 is 11.8 Å². The van der Waals surface area contributed by atoms with E-state index < -0.39 is 0 Å². The molecule has 1 heterocycles. The summed E-state index contributed by atoms with van der Waals surface area (Å²) in [5.41, 5.74) is 2.52. The van der Waals surface area contributed by atoms with Gasteiger partial charge in [0.1, 0.15) is 0 Å². The van der Waals surface area contributed by atoms with E-state index in [9.17, 15) is 4.79 Å². The number of hydrogen-bond donors (Lipinski definition) is 1. The maximum Gasteiger partial charge on any atom is 0.266 e. The Labute approximate surface area is 138 Å². The zero-order valence-corrected chi connectivity index (χ0v) is 13.7. The molecule has 0 aliphatic heterocycles. The van der Waals surface area contributed by atoms with Crippen LogP contribution in [0.3, 0.4) is 0 Å². The highest BCUT2D eigenvalue weighted by atomic mass is 32.2. The molecule has 0 aliphatic carbocycles. The Morgan fingerprint density at radius 3 is 2.65 bits per heavy atom. The van der Waals surface area contributed by atoms with Crippen molar-refractivity contribution in [2.75, 3.05) is 12.4 Å². The Hall–Kier alpha value is -2.11. The van der Waals surface area contributed by atoms with Crippen LogP contribution in [-0.2, 0) is 0 Å². The van der Waals surface area contributed by atoms with E-state index in [2.05, 4.69) is 4.98 Å². The molecule has 0 atom stereocenters. The number of benzene rings is 2. The second-order valence-electron chi connectivity index (χ2n) is 5.26. The number of nitrogens with zero attached hydrogens (tertiary/aromatic N) is 2. The molecular weight excluding hydrogens is 308 g/mol. The van der Waals surface area contributed by atoms with Crippen LogP contribution in [0.1, 0.15) is 12.0 Å². The lowest BCUT2D eigenvalue weighted by molar-refractivity contribution is 0.296. The summed E-state index contributed by atoms with van der Waals surface area (Å²) >= 11 is 1.50. The van der Waals surface area contributed by atoms with Gasteiger partial charge in [-0.25, -0.2) is 4.98 Å². The fourth-order valence-corrected chi connectivity index (χ4v) is 3.39. The monoisotopic (exact) mass is 326 g/mol. The van der Waals surface area contributed by atoms with Crippen molar-refractivity contribution in [1.82, 2.24) is 9.55 Å². The molecule has 5 heteroatoms. The van der Waals surface area contributed by atoms with Crippen molar-refractivity contribution in [2.24, 2.45) is 0 Å². The molecule has 0 spiro atoms. The molecule has 0 aliphatic rings.